The van der Waals surface area contributed by atoms with Crippen LogP contribution in [0.5, 0.6) is 0 Å². The molecule has 0 fully saturated rings. The summed E-state index contributed by atoms with van der Waals surface area (Å²) >= 11 is 0. The molecule has 33 heavy (non-hydrogen) atoms. The number of aliphatic hydroxyl groups is 1. The molecule has 1 aliphatic rings. The van der Waals surface area contributed by atoms with Gasteiger partial charge in [-0.15, -0.1) is 0 Å². The number of nitrogens with one attached hydrogen (secondary N) is 2. The second-order valence-corrected chi connectivity index (χ2v) is 10.8. The molecule has 3 unspecified atom stereocenters. The van der Waals surface area contributed by atoms with Crippen LogP contribution < -0.4 is 10.0 Å². The van der Waals surface area contributed by atoms with E-state index in [2.05, 4.69) is 50.6 Å². The maximum absolute atomic E-state index is 14.0. The van der Waals surface area contributed by atoms with E-state index in [-0.39, 0.29) is 6.04 Å². The maximum atomic E-state index is 14.0. The molecule has 0 saturated carbocycles. The van der Waals surface area contributed by atoms with Gasteiger partial charge in [0.15, 0.2) is 6.23 Å². The zero-order chi connectivity index (χ0) is 23.4. The Balaban J connectivity index is 1.57. The van der Waals surface area contributed by atoms with Gasteiger partial charge >= 0.3 is 0 Å². The highest BCUT2D eigenvalue weighted by Crippen LogP contribution is 2.33. The van der Waals surface area contributed by atoms with E-state index in [1.165, 1.54) is 5.56 Å². The summed E-state index contributed by atoms with van der Waals surface area (Å²) < 4.78 is 23.5. The van der Waals surface area contributed by atoms with Gasteiger partial charge in [-0.2, -0.15) is 0 Å². The standard InChI is InChI=1S/C25H33N5O2S/c1-18(9-10-19-7-5-4-6-8-19)22-12-11-21-23(33(32,26-2)29-22)17-30(3)24(21)25(31)28-20-13-15-27-16-14-20/h4-8,13-18,22,25,31H,9-12H2,1-3H3,(H,27,28)(H,26,29,32)/t18?,22-,25?,33?/m1/s1. The van der Waals surface area contributed by atoms with Crippen LogP contribution in [0.2, 0.25) is 0 Å². The average molecular weight is 468 g/mol. The van der Waals surface area contributed by atoms with E-state index in [9.17, 15) is 9.32 Å². The molecule has 2 aromatic heterocycles. The van der Waals surface area contributed by atoms with Crippen LogP contribution >= 0.6 is 0 Å². The maximum Gasteiger partial charge on any atom is 0.166 e. The first-order chi connectivity index (χ1) is 15.9. The monoisotopic (exact) mass is 467 g/mol. The number of anilines is 1. The molecule has 0 bridgehead atoms. The molecule has 3 heterocycles. The molecule has 4 atom stereocenters. The van der Waals surface area contributed by atoms with Gasteiger partial charge in [0.1, 0.15) is 9.92 Å². The van der Waals surface area contributed by atoms with Crippen molar-refractivity contribution in [3.05, 3.63) is 77.9 Å². The molecule has 0 spiro atoms. The van der Waals surface area contributed by atoms with Gasteiger partial charge in [-0.05, 0) is 54.9 Å². The quantitative estimate of drug-likeness (QED) is 0.457. The number of aryl methyl sites for hydroxylation is 2. The number of pyridine rings is 1. The molecular weight excluding hydrogens is 434 g/mol. The third kappa shape index (κ3) is 5.13. The fourth-order valence-electron chi connectivity index (χ4n) is 4.60. The van der Waals surface area contributed by atoms with Crippen LogP contribution in [0.25, 0.3) is 0 Å². The van der Waals surface area contributed by atoms with E-state index in [0.717, 1.165) is 42.6 Å². The molecule has 7 nitrogen and oxygen atoms in total. The molecule has 0 radical (unpaired) electrons. The Labute approximate surface area is 196 Å². The highest BCUT2D eigenvalue weighted by Gasteiger charge is 2.33. The summed E-state index contributed by atoms with van der Waals surface area (Å²) in [5.74, 6) is 0.328. The SMILES string of the molecule is CN=S1(=O)N[C@@H](C(C)CCc2ccccc2)CCc2c1cn(C)c2C(O)Nc1ccncc1. The van der Waals surface area contributed by atoms with Gasteiger partial charge in [0.25, 0.3) is 0 Å². The van der Waals surface area contributed by atoms with Gasteiger partial charge in [-0.3, -0.25) is 4.98 Å². The predicted octanol–water partition coefficient (Wildman–Crippen LogP) is 4.07. The number of aromatic nitrogens is 2. The van der Waals surface area contributed by atoms with E-state index in [1.807, 2.05) is 23.9 Å². The van der Waals surface area contributed by atoms with Crippen molar-refractivity contribution >= 4 is 15.6 Å². The van der Waals surface area contributed by atoms with Gasteiger partial charge < -0.3 is 15.0 Å². The number of nitrogens with zero attached hydrogens (tertiary/aromatic N) is 3. The lowest BCUT2D eigenvalue weighted by Crippen LogP contribution is -2.38. The summed E-state index contributed by atoms with van der Waals surface area (Å²) in [5.41, 5.74) is 3.72. The van der Waals surface area contributed by atoms with Gasteiger partial charge in [-0.1, -0.05) is 37.3 Å². The molecule has 0 amide bonds. The first-order valence-corrected chi connectivity index (χ1v) is 12.9. The van der Waals surface area contributed by atoms with Crippen LogP contribution in [-0.4, -0.2) is 32.0 Å². The molecule has 0 saturated heterocycles. The van der Waals surface area contributed by atoms with Gasteiger partial charge in [0.05, 0.1) is 10.6 Å². The Hall–Kier alpha value is -2.68. The second-order valence-electron chi connectivity index (χ2n) is 8.72. The van der Waals surface area contributed by atoms with Crippen molar-refractivity contribution in [2.24, 2.45) is 17.3 Å². The number of benzene rings is 1. The first-order valence-electron chi connectivity index (χ1n) is 11.4. The molecule has 8 heteroatoms. The minimum atomic E-state index is -2.80. The molecule has 1 aromatic carbocycles. The number of aliphatic hydroxyl groups excluding tert-OH is 1. The van der Waals surface area contributed by atoms with Crippen LogP contribution in [0, 0.1) is 5.92 Å². The third-order valence-corrected chi connectivity index (χ3v) is 8.61. The molecule has 176 valence electrons. The predicted molar refractivity (Wildman–Crippen MR) is 132 cm³/mol. The fourth-order valence-corrected chi connectivity index (χ4v) is 6.63. The number of fused-ring (bicyclic) bond motifs is 1. The molecule has 3 aromatic rings. The van der Waals surface area contributed by atoms with Crippen molar-refractivity contribution in [3.8, 4) is 0 Å². The second kappa shape index (κ2) is 10.1. The topological polar surface area (TPSA) is 91.5 Å². The molecular formula is C25H33N5O2S. The van der Waals surface area contributed by atoms with Gasteiger partial charge in [0.2, 0.25) is 0 Å². The Morgan fingerprint density at radius 3 is 2.70 bits per heavy atom. The lowest BCUT2D eigenvalue weighted by Gasteiger charge is -2.25. The Bertz CT molecular complexity index is 1190. The summed E-state index contributed by atoms with van der Waals surface area (Å²) in [5, 5.41) is 14.1. The van der Waals surface area contributed by atoms with E-state index in [1.54, 1.807) is 31.6 Å². The number of hydrogen-bond acceptors (Lipinski definition) is 5. The zero-order valence-corrected chi connectivity index (χ0v) is 20.3. The lowest BCUT2D eigenvalue weighted by atomic mass is 9.91. The van der Waals surface area contributed by atoms with Crippen LogP contribution in [0.1, 0.15) is 42.8 Å². The molecule has 0 aliphatic carbocycles. The minimum Gasteiger partial charge on any atom is -0.368 e. The fraction of sp³-hybridized carbons (Fsp3) is 0.400. The summed E-state index contributed by atoms with van der Waals surface area (Å²) in [6.45, 7) is 2.22. The number of hydrogen-bond donors (Lipinski definition) is 3. The largest absolute Gasteiger partial charge is 0.368 e. The normalized spacial score (nSPS) is 22.1. The van der Waals surface area contributed by atoms with Crippen LogP contribution in [0.3, 0.4) is 0 Å². The van der Waals surface area contributed by atoms with Crippen molar-refractivity contribution in [2.75, 3.05) is 12.4 Å². The van der Waals surface area contributed by atoms with E-state index < -0.39 is 16.1 Å². The summed E-state index contributed by atoms with van der Waals surface area (Å²) in [7, 11) is 0.674. The zero-order valence-electron chi connectivity index (χ0n) is 19.4. The summed E-state index contributed by atoms with van der Waals surface area (Å²) in [6.07, 6.45) is 7.80. The van der Waals surface area contributed by atoms with Crippen LogP contribution in [0.4, 0.5) is 5.69 Å². The Morgan fingerprint density at radius 2 is 2.00 bits per heavy atom. The van der Waals surface area contributed by atoms with Gasteiger partial charge in [-0.25, -0.2) is 13.3 Å². The number of rotatable bonds is 7. The smallest absolute Gasteiger partial charge is 0.166 e. The first kappa shape index (κ1) is 23.5. The van der Waals surface area contributed by atoms with E-state index >= 15 is 0 Å². The average Bonchev–Trinajstić information content (AvgIpc) is 3.10. The van der Waals surface area contributed by atoms with Crippen LogP contribution in [-0.2, 0) is 29.8 Å². The van der Waals surface area contributed by atoms with Crippen molar-refractivity contribution in [3.63, 3.8) is 0 Å². The Morgan fingerprint density at radius 1 is 1.27 bits per heavy atom. The minimum absolute atomic E-state index is 0.0702. The highest BCUT2D eigenvalue weighted by molar-refractivity contribution is 7.91. The van der Waals surface area contributed by atoms with Crippen molar-refractivity contribution in [1.82, 2.24) is 14.3 Å². The lowest BCUT2D eigenvalue weighted by molar-refractivity contribution is 0.198. The van der Waals surface area contributed by atoms with Crippen LogP contribution in [0.15, 0.2) is 70.3 Å². The van der Waals surface area contributed by atoms with Crippen molar-refractivity contribution in [1.29, 1.82) is 0 Å². The molecule has 1 aliphatic heterocycles. The van der Waals surface area contributed by atoms with E-state index in [0.29, 0.717) is 10.8 Å². The summed E-state index contributed by atoms with van der Waals surface area (Å²) in [6, 6.07) is 14.1. The third-order valence-electron chi connectivity index (χ3n) is 6.53. The van der Waals surface area contributed by atoms with Crippen molar-refractivity contribution in [2.45, 2.75) is 49.8 Å². The molecule has 3 N–H and O–H groups in total. The highest BCUT2D eigenvalue weighted by atomic mass is 32.2. The van der Waals surface area contributed by atoms with E-state index in [4.69, 9.17) is 0 Å². The van der Waals surface area contributed by atoms with Crippen molar-refractivity contribution < 1.29 is 9.32 Å². The Kier molecular flexibility index (Phi) is 7.17. The molecule has 4 rings (SSSR count). The van der Waals surface area contributed by atoms with Gasteiger partial charge in [0, 0.05) is 44.4 Å². The summed E-state index contributed by atoms with van der Waals surface area (Å²) in [4.78, 5) is 4.70.